The number of hydrogen-bond donors (Lipinski definition) is 1. The van der Waals surface area contributed by atoms with Crippen molar-refractivity contribution in [3.63, 3.8) is 0 Å². The van der Waals surface area contributed by atoms with Gasteiger partial charge in [0.1, 0.15) is 0 Å². The van der Waals surface area contributed by atoms with Crippen LogP contribution in [0.5, 0.6) is 0 Å². The van der Waals surface area contributed by atoms with Crippen LogP contribution in [-0.4, -0.2) is 40.2 Å². The van der Waals surface area contributed by atoms with E-state index in [1.165, 1.54) is 19.3 Å². The zero-order valence-corrected chi connectivity index (χ0v) is 11.2. The highest BCUT2D eigenvalue weighted by molar-refractivity contribution is 4.96. The third-order valence-electron chi connectivity index (χ3n) is 4.14. The summed E-state index contributed by atoms with van der Waals surface area (Å²) < 4.78 is 5.06. The summed E-state index contributed by atoms with van der Waals surface area (Å²) in [6, 6.07) is 1.26. The largest absolute Gasteiger partial charge is 0.340 e. The first-order valence-electron chi connectivity index (χ1n) is 7.03. The summed E-state index contributed by atoms with van der Waals surface area (Å²) >= 11 is 0. The first kappa shape index (κ1) is 12.1. The minimum absolute atomic E-state index is 0.596. The molecule has 2 atom stereocenters. The average Bonchev–Trinajstić information content (AvgIpc) is 3.14. The highest BCUT2D eigenvalue weighted by atomic mass is 16.5. The molecule has 2 fully saturated rings. The summed E-state index contributed by atoms with van der Waals surface area (Å²) in [7, 11) is 0. The van der Waals surface area contributed by atoms with Crippen molar-refractivity contribution in [3.05, 3.63) is 11.7 Å². The van der Waals surface area contributed by atoms with Crippen LogP contribution < -0.4 is 5.32 Å². The van der Waals surface area contributed by atoms with E-state index >= 15 is 0 Å². The van der Waals surface area contributed by atoms with E-state index in [-0.39, 0.29) is 0 Å². The Hall–Kier alpha value is -0.940. The van der Waals surface area contributed by atoms with Gasteiger partial charge in [0, 0.05) is 32.1 Å². The molecule has 0 bridgehead atoms. The second-order valence-corrected chi connectivity index (χ2v) is 5.57. The Morgan fingerprint density at radius 1 is 1.44 bits per heavy atom. The Balaban J connectivity index is 1.65. The van der Waals surface area contributed by atoms with E-state index in [9.17, 15) is 0 Å². The second-order valence-electron chi connectivity index (χ2n) is 5.57. The monoisotopic (exact) mass is 250 g/mol. The average molecular weight is 250 g/mol. The van der Waals surface area contributed by atoms with Crippen LogP contribution in [-0.2, 0) is 6.54 Å². The molecule has 1 aromatic heterocycles. The van der Waals surface area contributed by atoms with Crippen molar-refractivity contribution in [2.24, 2.45) is 5.92 Å². The quantitative estimate of drug-likeness (QED) is 0.874. The molecule has 2 aliphatic rings. The van der Waals surface area contributed by atoms with Gasteiger partial charge in [0.05, 0.1) is 6.54 Å². The molecule has 0 radical (unpaired) electrons. The fourth-order valence-corrected chi connectivity index (χ4v) is 2.88. The fourth-order valence-electron chi connectivity index (χ4n) is 2.88. The number of hydrogen-bond acceptors (Lipinski definition) is 5. The Bertz CT molecular complexity index is 401. The highest BCUT2D eigenvalue weighted by Gasteiger charge is 2.36. The van der Waals surface area contributed by atoms with E-state index in [1.54, 1.807) is 0 Å². The Kier molecular flexibility index (Phi) is 3.35. The van der Waals surface area contributed by atoms with Crippen LogP contribution in [0.1, 0.15) is 37.9 Å². The van der Waals surface area contributed by atoms with Crippen LogP contribution in [0.25, 0.3) is 0 Å². The molecule has 0 aromatic carbocycles. The van der Waals surface area contributed by atoms with Gasteiger partial charge in [-0.2, -0.15) is 4.98 Å². The number of piperazine rings is 1. The van der Waals surface area contributed by atoms with Gasteiger partial charge in [-0.1, -0.05) is 12.1 Å². The maximum absolute atomic E-state index is 5.06. The third kappa shape index (κ3) is 2.57. The van der Waals surface area contributed by atoms with Crippen LogP contribution in [0.15, 0.2) is 4.52 Å². The van der Waals surface area contributed by atoms with E-state index in [2.05, 4.69) is 27.3 Å². The van der Waals surface area contributed by atoms with Gasteiger partial charge < -0.3 is 9.84 Å². The SMILES string of the molecule is CCC1CNC(C2CC2)CN1Cc1noc(C)n1. The fraction of sp³-hybridized carbons (Fsp3) is 0.846. The number of aryl methyl sites for hydroxylation is 1. The molecule has 18 heavy (non-hydrogen) atoms. The van der Waals surface area contributed by atoms with Gasteiger partial charge in [-0.05, 0) is 25.2 Å². The Labute approximate surface area is 108 Å². The van der Waals surface area contributed by atoms with Crippen LogP contribution in [0.4, 0.5) is 0 Å². The van der Waals surface area contributed by atoms with Crippen LogP contribution in [0.3, 0.4) is 0 Å². The number of nitrogens with one attached hydrogen (secondary N) is 1. The van der Waals surface area contributed by atoms with Gasteiger partial charge in [0.2, 0.25) is 5.89 Å². The molecule has 100 valence electrons. The molecule has 1 aliphatic carbocycles. The zero-order chi connectivity index (χ0) is 12.5. The minimum Gasteiger partial charge on any atom is -0.340 e. The lowest BCUT2D eigenvalue weighted by molar-refractivity contribution is 0.108. The topological polar surface area (TPSA) is 54.2 Å². The summed E-state index contributed by atoms with van der Waals surface area (Å²) in [5, 5.41) is 7.71. The molecule has 2 heterocycles. The maximum Gasteiger partial charge on any atom is 0.223 e. The lowest BCUT2D eigenvalue weighted by Crippen LogP contribution is -2.56. The summed E-state index contributed by atoms with van der Waals surface area (Å²) in [5.41, 5.74) is 0. The standard InChI is InChI=1S/C13H22N4O/c1-3-11-6-14-12(10-4-5-10)7-17(11)8-13-15-9(2)18-16-13/h10-12,14H,3-8H2,1-2H3. The van der Waals surface area contributed by atoms with Gasteiger partial charge in [-0.3, -0.25) is 4.90 Å². The molecule has 1 saturated heterocycles. The zero-order valence-electron chi connectivity index (χ0n) is 11.2. The summed E-state index contributed by atoms with van der Waals surface area (Å²) in [5.74, 6) is 2.38. The minimum atomic E-state index is 0.596. The van der Waals surface area contributed by atoms with Crippen LogP contribution in [0, 0.1) is 12.8 Å². The van der Waals surface area contributed by atoms with E-state index in [4.69, 9.17) is 4.52 Å². The molecule has 0 amide bonds. The second kappa shape index (κ2) is 4.97. The van der Waals surface area contributed by atoms with E-state index in [0.717, 1.165) is 31.4 Å². The van der Waals surface area contributed by atoms with E-state index in [1.807, 2.05) is 6.92 Å². The molecule has 1 saturated carbocycles. The molecule has 3 rings (SSSR count). The van der Waals surface area contributed by atoms with Gasteiger partial charge in [0.15, 0.2) is 5.82 Å². The molecule has 1 N–H and O–H groups in total. The lowest BCUT2D eigenvalue weighted by atomic mass is 10.0. The van der Waals surface area contributed by atoms with Gasteiger partial charge >= 0.3 is 0 Å². The van der Waals surface area contributed by atoms with Crippen molar-refractivity contribution in [3.8, 4) is 0 Å². The van der Waals surface area contributed by atoms with Gasteiger partial charge in [-0.25, -0.2) is 0 Å². The molecular weight excluding hydrogens is 228 g/mol. The molecule has 0 spiro atoms. The van der Waals surface area contributed by atoms with Gasteiger partial charge in [0.25, 0.3) is 0 Å². The van der Waals surface area contributed by atoms with Crippen molar-refractivity contribution < 1.29 is 4.52 Å². The Morgan fingerprint density at radius 2 is 2.28 bits per heavy atom. The van der Waals surface area contributed by atoms with E-state index in [0.29, 0.717) is 18.0 Å². The summed E-state index contributed by atoms with van der Waals surface area (Å²) in [4.78, 5) is 6.84. The lowest BCUT2D eigenvalue weighted by Gasteiger charge is -2.39. The molecule has 1 aliphatic heterocycles. The van der Waals surface area contributed by atoms with Crippen molar-refractivity contribution in [1.29, 1.82) is 0 Å². The molecule has 2 unspecified atom stereocenters. The van der Waals surface area contributed by atoms with Crippen molar-refractivity contribution >= 4 is 0 Å². The molecule has 5 heteroatoms. The number of aromatic nitrogens is 2. The van der Waals surface area contributed by atoms with Crippen molar-refractivity contribution in [1.82, 2.24) is 20.4 Å². The van der Waals surface area contributed by atoms with Crippen molar-refractivity contribution in [2.45, 2.75) is 51.7 Å². The first-order valence-corrected chi connectivity index (χ1v) is 7.03. The smallest absolute Gasteiger partial charge is 0.223 e. The summed E-state index contributed by atoms with van der Waals surface area (Å²) in [6.45, 7) is 7.13. The molecular formula is C13H22N4O. The third-order valence-corrected chi connectivity index (χ3v) is 4.14. The van der Waals surface area contributed by atoms with Crippen molar-refractivity contribution in [2.75, 3.05) is 13.1 Å². The predicted octanol–water partition coefficient (Wildman–Crippen LogP) is 1.34. The predicted molar refractivity (Wildman–Crippen MR) is 68.0 cm³/mol. The first-order chi connectivity index (χ1) is 8.76. The Morgan fingerprint density at radius 3 is 2.89 bits per heavy atom. The van der Waals surface area contributed by atoms with Crippen LogP contribution >= 0.6 is 0 Å². The molecule has 1 aromatic rings. The maximum atomic E-state index is 5.06. The van der Waals surface area contributed by atoms with Crippen LogP contribution in [0.2, 0.25) is 0 Å². The van der Waals surface area contributed by atoms with E-state index < -0.39 is 0 Å². The molecule has 5 nitrogen and oxygen atoms in total. The number of rotatable bonds is 4. The highest BCUT2D eigenvalue weighted by Crippen LogP contribution is 2.34. The summed E-state index contributed by atoms with van der Waals surface area (Å²) in [6.07, 6.45) is 3.95. The van der Waals surface area contributed by atoms with Gasteiger partial charge in [-0.15, -0.1) is 0 Å². The normalized spacial score (nSPS) is 29.7. The number of nitrogens with zero attached hydrogens (tertiary/aromatic N) is 3.